The lowest BCUT2D eigenvalue weighted by molar-refractivity contribution is -0.119. The number of benzene rings is 2. The number of ether oxygens (including phenoxy) is 3. The number of nitrogens with one attached hydrogen (secondary N) is 1. The van der Waals surface area contributed by atoms with Crippen molar-refractivity contribution in [2.75, 3.05) is 25.1 Å². The molecule has 1 aliphatic rings. The number of hydrogen-bond donors (Lipinski definition) is 1. The van der Waals surface area contributed by atoms with Gasteiger partial charge in [0.25, 0.3) is 11.5 Å². The topological polar surface area (TPSA) is 109 Å². The van der Waals surface area contributed by atoms with Gasteiger partial charge in [0.1, 0.15) is 13.2 Å². The Morgan fingerprint density at radius 2 is 1.81 bits per heavy atom. The zero-order valence-corrected chi connectivity index (χ0v) is 17.1. The van der Waals surface area contributed by atoms with E-state index in [9.17, 15) is 14.4 Å². The molecule has 2 aromatic carbocycles. The van der Waals surface area contributed by atoms with Crippen LogP contribution in [0.4, 0.5) is 5.69 Å². The summed E-state index contributed by atoms with van der Waals surface area (Å²) in [6.07, 6.45) is 0. The number of anilines is 1. The Bertz CT molecular complexity index is 1220. The summed E-state index contributed by atoms with van der Waals surface area (Å²) in [5.41, 5.74) is 0.178. The van der Waals surface area contributed by atoms with Gasteiger partial charge in [-0.25, -0.2) is 9.48 Å². The van der Waals surface area contributed by atoms with Crippen LogP contribution in [0.3, 0.4) is 0 Å². The van der Waals surface area contributed by atoms with Crippen molar-refractivity contribution in [2.24, 2.45) is 0 Å². The van der Waals surface area contributed by atoms with Crippen molar-refractivity contribution < 1.29 is 23.8 Å². The van der Waals surface area contributed by atoms with Crippen LogP contribution in [-0.4, -0.2) is 41.5 Å². The van der Waals surface area contributed by atoms with E-state index in [0.29, 0.717) is 41.2 Å². The van der Waals surface area contributed by atoms with E-state index < -0.39 is 18.5 Å². The van der Waals surface area contributed by atoms with E-state index in [1.165, 1.54) is 4.68 Å². The van der Waals surface area contributed by atoms with E-state index in [1.807, 2.05) is 0 Å². The van der Waals surface area contributed by atoms with Crippen molar-refractivity contribution in [1.82, 2.24) is 9.78 Å². The maximum absolute atomic E-state index is 12.7. The largest absolute Gasteiger partial charge is 0.486 e. The van der Waals surface area contributed by atoms with Crippen molar-refractivity contribution in [2.45, 2.75) is 19.9 Å². The second kappa shape index (κ2) is 8.47. The number of amides is 1. The predicted molar refractivity (Wildman–Crippen MR) is 113 cm³/mol. The molecule has 0 saturated carbocycles. The normalized spacial score (nSPS) is 12.6. The molecule has 9 nitrogen and oxygen atoms in total. The number of nitrogens with zero attached hydrogens (tertiary/aromatic N) is 2. The SMILES string of the molecule is CC(C)n1nc(C(=O)OCC(=O)Nc2ccc3c(c2)OCCO3)c2ccccc2c1=O. The molecule has 0 atom stereocenters. The standard InChI is InChI=1S/C22H21N3O6/c1-13(2)25-21(27)16-6-4-3-5-15(16)20(24-25)22(28)31-12-19(26)23-14-7-8-17-18(11-14)30-10-9-29-17/h3-8,11,13H,9-10,12H2,1-2H3,(H,23,26). The summed E-state index contributed by atoms with van der Waals surface area (Å²) in [6.45, 7) is 3.98. The van der Waals surface area contributed by atoms with Gasteiger partial charge in [-0.15, -0.1) is 0 Å². The molecule has 0 unspecified atom stereocenters. The summed E-state index contributed by atoms with van der Waals surface area (Å²) in [5, 5.41) is 7.56. The molecular formula is C22H21N3O6. The van der Waals surface area contributed by atoms with Gasteiger partial charge in [-0.05, 0) is 32.0 Å². The van der Waals surface area contributed by atoms with Crippen molar-refractivity contribution in [3.63, 3.8) is 0 Å². The molecule has 0 spiro atoms. The molecule has 0 aliphatic carbocycles. The molecule has 1 aromatic heterocycles. The number of carbonyl (C=O) groups is 2. The van der Waals surface area contributed by atoms with Gasteiger partial charge in [0.15, 0.2) is 23.8 Å². The van der Waals surface area contributed by atoms with Crippen LogP contribution in [0.5, 0.6) is 11.5 Å². The molecule has 0 fully saturated rings. The lowest BCUT2D eigenvalue weighted by atomic mass is 10.1. The minimum absolute atomic E-state index is 0.0176. The minimum Gasteiger partial charge on any atom is -0.486 e. The van der Waals surface area contributed by atoms with E-state index in [2.05, 4.69) is 10.4 Å². The molecular weight excluding hydrogens is 402 g/mol. The van der Waals surface area contributed by atoms with E-state index in [4.69, 9.17) is 14.2 Å². The Morgan fingerprint density at radius 1 is 1.10 bits per heavy atom. The van der Waals surface area contributed by atoms with Crippen LogP contribution in [0.25, 0.3) is 10.8 Å². The van der Waals surface area contributed by atoms with Crippen LogP contribution in [-0.2, 0) is 9.53 Å². The van der Waals surface area contributed by atoms with Crippen LogP contribution in [0.1, 0.15) is 30.4 Å². The summed E-state index contributed by atoms with van der Waals surface area (Å²) in [6, 6.07) is 11.4. The number of esters is 1. The number of aromatic nitrogens is 2. The smallest absolute Gasteiger partial charge is 0.359 e. The van der Waals surface area contributed by atoms with Gasteiger partial charge in [-0.2, -0.15) is 5.10 Å². The van der Waals surface area contributed by atoms with Gasteiger partial charge in [-0.3, -0.25) is 9.59 Å². The molecule has 1 aliphatic heterocycles. The second-order valence-corrected chi connectivity index (χ2v) is 7.22. The first-order valence-corrected chi connectivity index (χ1v) is 9.82. The molecule has 0 radical (unpaired) electrons. The Kier molecular flexibility index (Phi) is 5.57. The third kappa shape index (κ3) is 4.20. The molecule has 9 heteroatoms. The first-order valence-electron chi connectivity index (χ1n) is 9.82. The highest BCUT2D eigenvalue weighted by molar-refractivity contribution is 6.03. The van der Waals surface area contributed by atoms with Gasteiger partial charge in [0, 0.05) is 17.1 Å². The third-order valence-electron chi connectivity index (χ3n) is 4.67. The lowest BCUT2D eigenvalue weighted by Gasteiger charge is -2.19. The quantitative estimate of drug-likeness (QED) is 0.628. The Labute approximate surface area is 177 Å². The fourth-order valence-electron chi connectivity index (χ4n) is 3.22. The van der Waals surface area contributed by atoms with Crippen molar-refractivity contribution in [1.29, 1.82) is 0 Å². The molecule has 4 rings (SSSR count). The van der Waals surface area contributed by atoms with E-state index in [0.717, 1.165) is 0 Å². The second-order valence-electron chi connectivity index (χ2n) is 7.22. The molecule has 0 bridgehead atoms. The Morgan fingerprint density at radius 3 is 2.55 bits per heavy atom. The lowest BCUT2D eigenvalue weighted by Crippen LogP contribution is -2.28. The summed E-state index contributed by atoms with van der Waals surface area (Å²) < 4.78 is 17.3. The predicted octanol–water partition coefficient (Wildman–Crippen LogP) is 2.54. The number of rotatable bonds is 5. The maximum atomic E-state index is 12.7. The summed E-state index contributed by atoms with van der Waals surface area (Å²) in [5.74, 6) is -0.170. The monoisotopic (exact) mass is 423 g/mol. The molecule has 0 saturated heterocycles. The van der Waals surface area contributed by atoms with E-state index in [-0.39, 0.29) is 17.3 Å². The van der Waals surface area contributed by atoms with Gasteiger partial charge in [0.05, 0.1) is 11.4 Å². The first-order chi connectivity index (χ1) is 14.9. The summed E-state index contributed by atoms with van der Waals surface area (Å²) >= 11 is 0. The van der Waals surface area contributed by atoms with Crippen LogP contribution in [0.15, 0.2) is 47.3 Å². The van der Waals surface area contributed by atoms with Gasteiger partial charge in [-0.1, -0.05) is 18.2 Å². The van der Waals surface area contributed by atoms with Gasteiger partial charge < -0.3 is 19.5 Å². The van der Waals surface area contributed by atoms with Crippen LogP contribution in [0.2, 0.25) is 0 Å². The van der Waals surface area contributed by atoms with Crippen molar-refractivity contribution >= 4 is 28.3 Å². The van der Waals surface area contributed by atoms with Crippen molar-refractivity contribution in [3.05, 3.63) is 58.5 Å². The third-order valence-corrected chi connectivity index (χ3v) is 4.67. The molecule has 1 N–H and O–H groups in total. The number of fused-ring (bicyclic) bond motifs is 2. The number of carbonyl (C=O) groups excluding carboxylic acids is 2. The molecule has 160 valence electrons. The summed E-state index contributed by atoms with van der Waals surface area (Å²) in [4.78, 5) is 37.5. The minimum atomic E-state index is -0.789. The van der Waals surface area contributed by atoms with Crippen LogP contribution < -0.4 is 20.3 Å². The zero-order chi connectivity index (χ0) is 22.0. The highest BCUT2D eigenvalue weighted by atomic mass is 16.6. The maximum Gasteiger partial charge on any atom is 0.359 e. The average Bonchev–Trinajstić information content (AvgIpc) is 2.77. The first kappa shape index (κ1) is 20.4. The van der Waals surface area contributed by atoms with Crippen LogP contribution >= 0.6 is 0 Å². The fraction of sp³-hybridized carbons (Fsp3) is 0.273. The van der Waals surface area contributed by atoms with E-state index in [1.54, 1.807) is 56.3 Å². The van der Waals surface area contributed by atoms with Gasteiger partial charge >= 0.3 is 5.97 Å². The zero-order valence-electron chi connectivity index (χ0n) is 17.1. The Hall–Kier alpha value is -3.88. The summed E-state index contributed by atoms with van der Waals surface area (Å²) in [7, 11) is 0. The van der Waals surface area contributed by atoms with Gasteiger partial charge in [0.2, 0.25) is 0 Å². The van der Waals surface area contributed by atoms with Crippen LogP contribution in [0, 0.1) is 0 Å². The molecule has 1 amide bonds. The number of hydrogen-bond acceptors (Lipinski definition) is 7. The highest BCUT2D eigenvalue weighted by Crippen LogP contribution is 2.32. The highest BCUT2D eigenvalue weighted by Gasteiger charge is 2.20. The Balaban J connectivity index is 1.49. The molecule has 31 heavy (non-hydrogen) atoms. The average molecular weight is 423 g/mol. The molecule has 3 aromatic rings. The van der Waals surface area contributed by atoms with E-state index >= 15 is 0 Å². The van der Waals surface area contributed by atoms with Crippen molar-refractivity contribution in [3.8, 4) is 11.5 Å². The molecule has 2 heterocycles. The fourth-order valence-corrected chi connectivity index (χ4v) is 3.22.